The van der Waals surface area contributed by atoms with Crippen molar-refractivity contribution in [3.05, 3.63) is 0 Å². The van der Waals surface area contributed by atoms with Crippen molar-refractivity contribution in [2.75, 3.05) is 39.4 Å². The highest BCUT2D eigenvalue weighted by atomic mass is 79.9. The molecular weight excluding hydrogens is 264 g/mol. The summed E-state index contributed by atoms with van der Waals surface area (Å²) < 4.78 is 14.0. The Labute approximate surface area is 100 Å². The Morgan fingerprint density at radius 2 is 1.73 bits per heavy atom. The Balaban J connectivity index is 0. The van der Waals surface area contributed by atoms with Crippen molar-refractivity contribution in [3.8, 4) is 0 Å². The summed E-state index contributed by atoms with van der Waals surface area (Å²) in [7, 11) is 3.30. The maximum atomic E-state index is 10.6. The van der Waals surface area contributed by atoms with Crippen LogP contribution in [0.1, 0.15) is 19.8 Å². The standard InChI is InChI=1S/C6H11BrO2.C4H10O2/c1-2-9-6(8)4-3-5-7;1-5-3-4-6-2/h2-5H2,1H3;3-4H2,1-2H3. The molecule has 0 aliphatic rings. The zero-order valence-corrected chi connectivity index (χ0v) is 11.3. The fourth-order valence-electron chi connectivity index (χ4n) is 0.611. The normalized spacial score (nSPS) is 9.07. The van der Waals surface area contributed by atoms with Gasteiger partial charge in [0.2, 0.25) is 0 Å². The number of ether oxygens (including phenoxy) is 3. The molecule has 0 aliphatic heterocycles. The van der Waals surface area contributed by atoms with Crippen molar-refractivity contribution in [2.45, 2.75) is 19.8 Å². The topological polar surface area (TPSA) is 44.8 Å². The predicted octanol–water partition coefficient (Wildman–Crippen LogP) is 2.00. The van der Waals surface area contributed by atoms with E-state index in [1.807, 2.05) is 6.92 Å². The van der Waals surface area contributed by atoms with E-state index in [4.69, 9.17) is 0 Å². The van der Waals surface area contributed by atoms with Crippen LogP contribution in [0.25, 0.3) is 0 Å². The molecule has 0 spiro atoms. The van der Waals surface area contributed by atoms with Gasteiger partial charge in [0.15, 0.2) is 0 Å². The molecule has 0 amide bonds. The molecular formula is C10H21BrO4. The molecule has 0 heterocycles. The summed E-state index contributed by atoms with van der Waals surface area (Å²) in [4.78, 5) is 10.6. The van der Waals surface area contributed by atoms with E-state index < -0.39 is 0 Å². The van der Waals surface area contributed by atoms with Gasteiger partial charge < -0.3 is 14.2 Å². The average molecular weight is 285 g/mol. The van der Waals surface area contributed by atoms with Crippen LogP contribution in [0.4, 0.5) is 0 Å². The zero-order valence-electron chi connectivity index (χ0n) is 9.75. The second-order valence-corrected chi connectivity index (χ2v) is 3.38. The van der Waals surface area contributed by atoms with Crippen molar-refractivity contribution in [1.29, 1.82) is 0 Å². The minimum absolute atomic E-state index is 0.100. The van der Waals surface area contributed by atoms with Gasteiger partial charge in [-0.25, -0.2) is 0 Å². The van der Waals surface area contributed by atoms with Crippen LogP contribution in [0.15, 0.2) is 0 Å². The number of hydrogen-bond acceptors (Lipinski definition) is 4. The average Bonchev–Trinajstić information content (AvgIpc) is 2.25. The van der Waals surface area contributed by atoms with E-state index >= 15 is 0 Å². The first-order valence-electron chi connectivity index (χ1n) is 4.92. The molecule has 5 heteroatoms. The van der Waals surface area contributed by atoms with Crippen LogP contribution in [-0.4, -0.2) is 45.3 Å². The van der Waals surface area contributed by atoms with E-state index in [9.17, 15) is 4.79 Å². The van der Waals surface area contributed by atoms with Gasteiger partial charge in [0.1, 0.15) is 0 Å². The van der Waals surface area contributed by atoms with Gasteiger partial charge in [-0.3, -0.25) is 4.79 Å². The van der Waals surface area contributed by atoms with Crippen molar-refractivity contribution >= 4 is 21.9 Å². The van der Waals surface area contributed by atoms with E-state index in [0.29, 0.717) is 26.2 Å². The summed E-state index contributed by atoms with van der Waals surface area (Å²) in [5.74, 6) is -0.100. The van der Waals surface area contributed by atoms with Crippen molar-refractivity contribution in [1.82, 2.24) is 0 Å². The summed E-state index contributed by atoms with van der Waals surface area (Å²) in [5, 5.41) is 0.867. The van der Waals surface area contributed by atoms with Crippen LogP contribution in [0.5, 0.6) is 0 Å². The summed E-state index contributed by atoms with van der Waals surface area (Å²) in [6.07, 6.45) is 1.39. The maximum absolute atomic E-state index is 10.6. The molecule has 0 atom stereocenters. The summed E-state index contributed by atoms with van der Waals surface area (Å²) >= 11 is 3.22. The van der Waals surface area contributed by atoms with Gasteiger partial charge in [-0.05, 0) is 13.3 Å². The van der Waals surface area contributed by atoms with E-state index in [-0.39, 0.29) is 5.97 Å². The highest BCUT2D eigenvalue weighted by Gasteiger charge is 1.97. The minimum atomic E-state index is -0.100. The molecule has 92 valence electrons. The van der Waals surface area contributed by atoms with Crippen LogP contribution in [0.3, 0.4) is 0 Å². The third-order valence-electron chi connectivity index (χ3n) is 1.31. The quantitative estimate of drug-likeness (QED) is 0.408. The third-order valence-corrected chi connectivity index (χ3v) is 1.87. The van der Waals surface area contributed by atoms with Gasteiger partial charge in [0, 0.05) is 26.0 Å². The Kier molecular flexibility index (Phi) is 18.8. The molecule has 0 bridgehead atoms. The second-order valence-electron chi connectivity index (χ2n) is 2.58. The molecule has 0 aromatic heterocycles. The number of carbonyl (C=O) groups excluding carboxylic acids is 1. The molecule has 0 aliphatic carbocycles. The van der Waals surface area contributed by atoms with Gasteiger partial charge in [-0.1, -0.05) is 15.9 Å². The number of alkyl halides is 1. The minimum Gasteiger partial charge on any atom is -0.466 e. The molecule has 0 fully saturated rings. The lowest BCUT2D eigenvalue weighted by atomic mass is 10.3. The van der Waals surface area contributed by atoms with E-state index in [1.54, 1.807) is 14.2 Å². The van der Waals surface area contributed by atoms with E-state index in [1.165, 1.54) is 0 Å². The number of methoxy groups -OCH3 is 2. The fraction of sp³-hybridized carbons (Fsp3) is 0.900. The first-order chi connectivity index (χ1) is 7.22. The van der Waals surface area contributed by atoms with Crippen LogP contribution in [0.2, 0.25) is 0 Å². The van der Waals surface area contributed by atoms with Crippen LogP contribution < -0.4 is 0 Å². The molecule has 0 unspecified atom stereocenters. The Morgan fingerprint density at radius 1 is 1.20 bits per heavy atom. The predicted molar refractivity (Wildman–Crippen MR) is 63.4 cm³/mol. The summed E-state index contributed by atoms with van der Waals surface area (Å²) in [6.45, 7) is 3.68. The number of rotatable bonds is 7. The summed E-state index contributed by atoms with van der Waals surface area (Å²) in [6, 6.07) is 0. The highest BCUT2D eigenvalue weighted by Crippen LogP contribution is 1.95. The Hall–Kier alpha value is -0.130. The Bertz CT molecular complexity index is 127. The van der Waals surface area contributed by atoms with Gasteiger partial charge in [0.05, 0.1) is 19.8 Å². The SMILES string of the molecule is CCOC(=O)CCCBr.COCCOC. The van der Waals surface area contributed by atoms with Crippen LogP contribution in [-0.2, 0) is 19.0 Å². The second kappa shape index (κ2) is 16.3. The molecule has 0 radical (unpaired) electrons. The maximum Gasteiger partial charge on any atom is 0.305 e. The molecule has 0 saturated carbocycles. The van der Waals surface area contributed by atoms with Crippen molar-refractivity contribution in [2.24, 2.45) is 0 Å². The number of esters is 1. The lowest BCUT2D eigenvalue weighted by Gasteiger charge is -1.97. The smallest absolute Gasteiger partial charge is 0.305 e. The lowest BCUT2D eigenvalue weighted by molar-refractivity contribution is -0.143. The van der Waals surface area contributed by atoms with Gasteiger partial charge in [0.25, 0.3) is 0 Å². The molecule has 0 aromatic rings. The van der Waals surface area contributed by atoms with Crippen molar-refractivity contribution < 1.29 is 19.0 Å². The summed E-state index contributed by atoms with van der Waals surface area (Å²) in [5.41, 5.74) is 0. The van der Waals surface area contributed by atoms with Gasteiger partial charge in [-0.15, -0.1) is 0 Å². The largest absolute Gasteiger partial charge is 0.466 e. The monoisotopic (exact) mass is 284 g/mol. The van der Waals surface area contributed by atoms with E-state index in [2.05, 4.69) is 30.1 Å². The highest BCUT2D eigenvalue weighted by molar-refractivity contribution is 9.09. The van der Waals surface area contributed by atoms with E-state index in [0.717, 1.165) is 11.8 Å². The molecule has 15 heavy (non-hydrogen) atoms. The number of hydrogen-bond donors (Lipinski definition) is 0. The number of carbonyl (C=O) groups is 1. The molecule has 0 rings (SSSR count). The van der Waals surface area contributed by atoms with Crippen molar-refractivity contribution in [3.63, 3.8) is 0 Å². The molecule has 0 N–H and O–H groups in total. The zero-order chi connectivity index (χ0) is 11.9. The fourth-order valence-corrected chi connectivity index (χ4v) is 0.891. The van der Waals surface area contributed by atoms with Crippen LogP contribution in [0, 0.1) is 0 Å². The number of halogens is 1. The van der Waals surface area contributed by atoms with Gasteiger partial charge in [-0.2, -0.15) is 0 Å². The third kappa shape index (κ3) is 20.1. The Morgan fingerprint density at radius 3 is 2.07 bits per heavy atom. The first kappa shape index (κ1) is 17.3. The molecule has 4 nitrogen and oxygen atoms in total. The first-order valence-corrected chi connectivity index (χ1v) is 6.04. The lowest BCUT2D eigenvalue weighted by Crippen LogP contribution is -2.03. The van der Waals surface area contributed by atoms with Gasteiger partial charge >= 0.3 is 5.97 Å². The molecule has 0 aromatic carbocycles. The van der Waals surface area contributed by atoms with Crippen LogP contribution >= 0.6 is 15.9 Å². The molecule has 0 saturated heterocycles.